The third kappa shape index (κ3) is 4.71. The van der Waals surface area contributed by atoms with Crippen LogP contribution in [0.1, 0.15) is 42.7 Å². The maximum Gasteiger partial charge on any atom is 0.232 e. The van der Waals surface area contributed by atoms with Gasteiger partial charge in [-0.25, -0.2) is 0 Å². The van der Waals surface area contributed by atoms with E-state index in [0.29, 0.717) is 49.3 Å². The number of carbonyl (C=O) groups is 1. The maximum absolute atomic E-state index is 12.5. The highest BCUT2D eigenvalue weighted by Crippen LogP contribution is 2.33. The Morgan fingerprint density at radius 2 is 1.97 bits per heavy atom. The van der Waals surface area contributed by atoms with E-state index in [2.05, 4.69) is 48.3 Å². The minimum absolute atomic E-state index is 0.101. The summed E-state index contributed by atoms with van der Waals surface area (Å²) >= 11 is 0. The minimum atomic E-state index is -0.103. The first-order valence-electron chi connectivity index (χ1n) is 10.6. The zero-order chi connectivity index (χ0) is 21.8. The molecule has 3 aromatic rings. The Morgan fingerprint density at radius 3 is 2.71 bits per heavy atom. The molecule has 1 saturated heterocycles. The highest BCUT2D eigenvalue weighted by molar-refractivity contribution is 5.79. The molecule has 1 atom stereocenters. The van der Waals surface area contributed by atoms with E-state index in [-0.39, 0.29) is 11.8 Å². The zero-order valence-electron chi connectivity index (χ0n) is 18.1. The first-order valence-corrected chi connectivity index (χ1v) is 10.6. The summed E-state index contributed by atoms with van der Waals surface area (Å²) < 4.78 is 16.7. The fourth-order valence-corrected chi connectivity index (χ4v) is 3.66. The van der Waals surface area contributed by atoms with Gasteiger partial charge in [-0.05, 0) is 37.1 Å². The molecule has 4 rings (SSSR count). The van der Waals surface area contributed by atoms with E-state index in [1.165, 1.54) is 5.56 Å². The lowest BCUT2D eigenvalue weighted by molar-refractivity contribution is -0.128. The lowest BCUT2D eigenvalue weighted by Crippen LogP contribution is -2.24. The average Bonchev–Trinajstić information content (AvgIpc) is 3.41. The normalized spacial score (nSPS) is 16.0. The van der Waals surface area contributed by atoms with E-state index >= 15 is 0 Å². The molecule has 0 bridgehead atoms. The molecule has 0 saturated carbocycles. The summed E-state index contributed by atoms with van der Waals surface area (Å²) in [6, 6.07) is 13.8. The second-order valence-corrected chi connectivity index (χ2v) is 7.83. The number of nitrogens with zero attached hydrogens (tertiary/aromatic N) is 3. The Labute approximate surface area is 182 Å². The third-order valence-corrected chi connectivity index (χ3v) is 5.38. The third-order valence-electron chi connectivity index (χ3n) is 5.38. The van der Waals surface area contributed by atoms with Gasteiger partial charge in [-0.1, -0.05) is 41.9 Å². The van der Waals surface area contributed by atoms with Crippen LogP contribution in [-0.2, 0) is 11.3 Å². The Balaban J connectivity index is 1.46. The van der Waals surface area contributed by atoms with Crippen molar-refractivity contribution in [2.75, 3.05) is 20.3 Å². The number of benzene rings is 2. The first kappa shape index (κ1) is 20.9. The lowest BCUT2D eigenvalue weighted by Gasteiger charge is -2.16. The van der Waals surface area contributed by atoms with Crippen molar-refractivity contribution in [3.63, 3.8) is 0 Å². The number of aromatic nitrogens is 2. The van der Waals surface area contributed by atoms with Crippen LogP contribution in [0, 0.1) is 6.92 Å². The van der Waals surface area contributed by atoms with E-state index in [1.54, 1.807) is 7.11 Å². The van der Waals surface area contributed by atoms with Crippen LogP contribution in [0.5, 0.6) is 11.5 Å². The fraction of sp³-hybridized carbons (Fsp3) is 0.375. The molecule has 1 aliphatic heterocycles. The Bertz CT molecular complexity index is 1050. The molecule has 0 N–H and O–H groups in total. The first-order chi connectivity index (χ1) is 15.1. The molecule has 162 valence electrons. The largest absolute Gasteiger partial charge is 0.493 e. The van der Waals surface area contributed by atoms with Crippen molar-refractivity contribution in [2.24, 2.45) is 0 Å². The van der Waals surface area contributed by atoms with Gasteiger partial charge in [-0.3, -0.25) is 4.79 Å². The van der Waals surface area contributed by atoms with Crippen LogP contribution >= 0.6 is 0 Å². The van der Waals surface area contributed by atoms with Gasteiger partial charge in [0.2, 0.25) is 17.6 Å². The van der Waals surface area contributed by atoms with Crippen molar-refractivity contribution in [1.82, 2.24) is 15.0 Å². The van der Waals surface area contributed by atoms with Crippen LogP contribution in [0.4, 0.5) is 0 Å². The number of aryl methyl sites for hydroxylation is 1. The monoisotopic (exact) mass is 421 g/mol. The summed E-state index contributed by atoms with van der Waals surface area (Å²) in [6.07, 6.45) is 1.29. The van der Waals surface area contributed by atoms with E-state index in [0.717, 1.165) is 17.5 Å². The second kappa shape index (κ2) is 9.20. The fourth-order valence-electron chi connectivity index (χ4n) is 3.66. The average molecular weight is 421 g/mol. The Morgan fingerprint density at radius 1 is 1.16 bits per heavy atom. The van der Waals surface area contributed by atoms with Crippen LogP contribution in [0.3, 0.4) is 0 Å². The summed E-state index contributed by atoms with van der Waals surface area (Å²) in [5.41, 5.74) is 3.09. The van der Waals surface area contributed by atoms with Crippen molar-refractivity contribution >= 4 is 5.91 Å². The van der Waals surface area contributed by atoms with Crippen LogP contribution in [0.25, 0.3) is 11.4 Å². The number of likely N-dealkylation sites (tertiary alicyclic amines) is 1. The van der Waals surface area contributed by atoms with Crippen molar-refractivity contribution in [2.45, 2.75) is 39.2 Å². The number of hydrogen-bond donors (Lipinski definition) is 0. The molecular weight excluding hydrogens is 394 g/mol. The number of carbonyl (C=O) groups excluding carboxylic acids is 1. The summed E-state index contributed by atoms with van der Waals surface area (Å²) in [7, 11) is 1.60. The van der Waals surface area contributed by atoms with Gasteiger partial charge in [0.1, 0.15) is 0 Å². The molecule has 1 aromatic heterocycles. The molecule has 0 aliphatic carbocycles. The van der Waals surface area contributed by atoms with E-state index in [1.807, 2.05) is 23.1 Å². The van der Waals surface area contributed by atoms with Gasteiger partial charge in [0, 0.05) is 25.1 Å². The molecule has 31 heavy (non-hydrogen) atoms. The van der Waals surface area contributed by atoms with Crippen molar-refractivity contribution in [3.05, 3.63) is 59.5 Å². The molecule has 1 aliphatic rings. The molecule has 2 heterocycles. The molecule has 1 amide bonds. The van der Waals surface area contributed by atoms with Gasteiger partial charge >= 0.3 is 0 Å². The molecule has 7 nitrogen and oxygen atoms in total. The van der Waals surface area contributed by atoms with E-state index in [4.69, 9.17) is 14.0 Å². The van der Waals surface area contributed by atoms with Gasteiger partial charge in [0.15, 0.2) is 11.5 Å². The molecular formula is C24H27N3O4. The number of ether oxygens (including phenoxy) is 2. The molecule has 1 unspecified atom stereocenters. The molecule has 2 aromatic carbocycles. The topological polar surface area (TPSA) is 77.7 Å². The number of rotatable bonds is 8. The predicted octanol–water partition coefficient (Wildman–Crippen LogP) is 4.36. The van der Waals surface area contributed by atoms with Crippen LogP contribution in [-0.4, -0.2) is 41.2 Å². The van der Waals surface area contributed by atoms with Crippen LogP contribution in [0.2, 0.25) is 0 Å². The summed E-state index contributed by atoms with van der Waals surface area (Å²) in [5, 5.41) is 4.13. The molecule has 0 spiro atoms. The molecule has 7 heteroatoms. The Hall–Kier alpha value is -3.35. The predicted molar refractivity (Wildman–Crippen MR) is 116 cm³/mol. The van der Waals surface area contributed by atoms with Gasteiger partial charge in [-0.2, -0.15) is 4.98 Å². The highest BCUT2D eigenvalue weighted by Gasteiger charge is 2.34. The summed E-state index contributed by atoms with van der Waals surface area (Å²) in [6.45, 7) is 5.89. The minimum Gasteiger partial charge on any atom is -0.493 e. The number of amides is 1. The summed E-state index contributed by atoms with van der Waals surface area (Å²) in [4.78, 5) is 18.9. The summed E-state index contributed by atoms with van der Waals surface area (Å²) in [5.74, 6) is 2.26. The maximum atomic E-state index is 12.5. The van der Waals surface area contributed by atoms with Crippen molar-refractivity contribution < 1.29 is 18.8 Å². The van der Waals surface area contributed by atoms with Crippen molar-refractivity contribution in [1.29, 1.82) is 0 Å². The van der Waals surface area contributed by atoms with Crippen LogP contribution < -0.4 is 9.47 Å². The van der Waals surface area contributed by atoms with E-state index < -0.39 is 0 Å². The van der Waals surface area contributed by atoms with Gasteiger partial charge < -0.3 is 18.9 Å². The van der Waals surface area contributed by atoms with Crippen molar-refractivity contribution in [3.8, 4) is 22.9 Å². The van der Waals surface area contributed by atoms with Crippen LogP contribution in [0.15, 0.2) is 47.0 Å². The molecule has 0 radical (unpaired) electrons. The standard InChI is InChI=1S/C24H27N3O4/c1-4-11-30-20-10-9-18(12-21(20)29-3)23-25-24(31-26-23)19-13-22(28)27(15-19)14-17-7-5-16(2)6-8-17/h5-10,12,19H,4,11,13-15H2,1-3H3. The number of methoxy groups -OCH3 is 1. The van der Waals surface area contributed by atoms with Gasteiger partial charge in [-0.15, -0.1) is 0 Å². The van der Waals surface area contributed by atoms with E-state index in [9.17, 15) is 4.79 Å². The second-order valence-electron chi connectivity index (χ2n) is 7.83. The van der Waals surface area contributed by atoms with Gasteiger partial charge in [0.05, 0.1) is 19.6 Å². The Kier molecular flexibility index (Phi) is 6.21. The smallest absolute Gasteiger partial charge is 0.232 e. The van der Waals surface area contributed by atoms with Gasteiger partial charge in [0.25, 0.3) is 0 Å². The zero-order valence-corrected chi connectivity index (χ0v) is 18.1. The highest BCUT2D eigenvalue weighted by atomic mass is 16.5. The molecule has 1 fully saturated rings. The lowest BCUT2D eigenvalue weighted by atomic mass is 10.1. The SMILES string of the molecule is CCCOc1ccc(-c2noc(C3CC(=O)N(Cc4ccc(C)cc4)C3)n2)cc1OC. The quantitative estimate of drug-likeness (QED) is 0.538. The number of hydrogen-bond acceptors (Lipinski definition) is 6.